The molecule has 4 rings (SSSR count). The van der Waals surface area contributed by atoms with Crippen molar-refractivity contribution in [2.45, 2.75) is 0 Å². The van der Waals surface area contributed by atoms with Crippen molar-refractivity contribution in [3.8, 4) is 33.3 Å². The number of hydrogen-bond donors (Lipinski definition) is 3. The van der Waals surface area contributed by atoms with Gasteiger partial charge in [0, 0.05) is 10.4 Å². The molecule has 0 atom stereocenters. The molecular formula is C18H12N2O3S. The second-order valence-electron chi connectivity index (χ2n) is 5.31. The van der Waals surface area contributed by atoms with Gasteiger partial charge >= 0.3 is 0 Å². The number of nitrogens with zero attached hydrogens (tertiary/aromatic N) is 1. The molecule has 0 aliphatic carbocycles. The molecule has 0 unspecified atom stereocenters. The van der Waals surface area contributed by atoms with Gasteiger partial charge in [-0.05, 0) is 29.8 Å². The lowest BCUT2D eigenvalue weighted by molar-refractivity contribution is 0.404. The highest BCUT2D eigenvalue weighted by atomic mass is 32.1. The van der Waals surface area contributed by atoms with Crippen LogP contribution < -0.4 is 5.56 Å². The number of aromatic nitrogens is 2. The summed E-state index contributed by atoms with van der Waals surface area (Å²) in [5, 5.41) is 19.6. The Balaban J connectivity index is 1.88. The van der Waals surface area contributed by atoms with Crippen LogP contribution in [0, 0.1) is 0 Å². The molecule has 0 saturated carbocycles. The molecule has 0 fully saturated rings. The third-order valence-corrected chi connectivity index (χ3v) is 4.79. The summed E-state index contributed by atoms with van der Waals surface area (Å²) in [5.41, 5.74) is 1.32. The van der Waals surface area contributed by atoms with Crippen molar-refractivity contribution in [1.29, 1.82) is 0 Å². The Morgan fingerprint density at radius 1 is 0.917 bits per heavy atom. The van der Waals surface area contributed by atoms with Crippen LogP contribution in [0.3, 0.4) is 0 Å². The highest BCUT2D eigenvalue weighted by Crippen LogP contribution is 2.33. The van der Waals surface area contributed by atoms with E-state index in [2.05, 4.69) is 9.97 Å². The molecule has 24 heavy (non-hydrogen) atoms. The van der Waals surface area contributed by atoms with E-state index in [-0.39, 0.29) is 17.1 Å². The molecule has 2 aromatic carbocycles. The van der Waals surface area contributed by atoms with Crippen LogP contribution in [0.25, 0.3) is 32.0 Å². The molecule has 0 amide bonds. The molecule has 0 aliphatic heterocycles. The summed E-state index contributed by atoms with van der Waals surface area (Å²) in [6.07, 6.45) is 0. The average molecular weight is 336 g/mol. The molecule has 6 heteroatoms. The zero-order valence-corrected chi connectivity index (χ0v) is 13.2. The smallest absolute Gasteiger partial charge is 0.259 e. The van der Waals surface area contributed by atoms with E-state index < -0.39 is 0 Å². The minimum Gasteiger partial charge on any atom is -0.504 e. The van der Waals surface area contributed by atoms with E-state index in [9.17, 15) is 15.0 Å². The van der Waals surface area contributed by atoms with Gasteiger partial charge in [0.15, 0.2) is 11.5 Å². The quantitative estimate of drug-likeness (QED) is 0.487. The van der Waals surface area contributed by atoms with E-state index in [1.165, 1.54) is 23.5 Å². The maximum Gasteiger partial charge on any atom is 0.259 e. The number of phenols is 2. The summed E-state index contributed by atoms with van der Waals surface area (Å²) in [6, 6.07) is 15.9. The first-order chi connectivity index (χ1) is 11.6. The van der Waals surface area contributed by atoms with E-state index in [0.717, 1.165) is 10.4 Å². The molecule has 5 nitrogen and oxygen atoms in total. The Labute approximate surface area is 140 Å². The number of fused-ring (bicyclic) bond motifs is 1. The summed E-state index contributed by atoms with van der Waals surface area (Å²) in [4.78, 5) is 21.2. The fourth-order valence-corrected chi connectivity index (χ4v) is 3.52. The predicted molar refractivity (Wildman–Crippen MR) is 94.4 cm³/mol. The van der Waals surface area contributed by atoms with Crippen molar-refractivity contribution in [2.75, 3.05) is 0 Å². The Bertz CT molecular complexity index is 1100. The predicted octanol–water partition coefficient (Wildman–Crippen LogP) is 3.73. The average Bonchev–Trinajstić information content (AvgIpc) is 3.03. The van der Waals surface area contributed by atoms with Gasteiger partial charge in [0.25, 0.3) is 5.56 Å². The van der Waals surface area contributed by atoms with E-state index in [1.807, 2.05) is 36.4 Å². The second kappa shape index (κ2) is 5.50. The number of benzene rings is 2. The number of rotatable bonds is 2. The first-order valence-electron chi connectivity index (χ1n) is 7.23. The number of aromatic amines is 1. The van der Waals surface area contributed by atoms with Crippen molar-refractivity contribution in [1.82, 2.24) is 9.97 Å². The molecular weight excluding hydrogens is 324 g/mol. The zero-order chi connectivity index (χ0) is 16.7. The standard InChI is InChI=1S/C18H12N2O3S/c21-13-7-6-11(8-14(13)22)16-19-17(23)12-9-15(24-18(12)20-16)10-4-2-1-3-5-10/h1-9,21-22H,(H,19,20,23). The molecule has 2 aromatic heterocycles. The lowest BCUT2D eigenvalue weighted by Crippen LogP contribution is -2.07. The number of phenolic OH excluding ortho intramolecular Hbond substituents is 2. The van der Waals surface area contributed by atoms with Crippen molar-refractivity contribution < 1.29 is 10.2 Å². The van der Waals surface area contributed by atoms with Crippen LogP contribution >= 0.6 is 11.3 Å². The third-order valence-electron chi connectivity index (χ3n) is 3.71. The van der Waals surface area contributed by atoms with Crippen molar-refractivity contribution >= 4 is 21.6 Å². The topological polar surface area (TPSA) is 86.2 Å². The Morgan fingerprint density at radius 2 is 1.71 bits per heavy atom. The fourth-order valence-electron chi connectivity index (χ4n) is 2.48. The first kappa shape index (κ1) is 14.5. The summed E-state index contributed by atoms with van der Waals surface area (Å²) in [5.74, 6) is -0.125. The molecule has 0 spiro atoms. The Kier molecular flexibility index (Phi) is 3.32. The van der Waals surface area contributed by atoms with E-state index in [4.69, 9.17) is 0 Å². The van der Waals surface area contributed by atoms with Crippen molar-refractivity contribution in [2.24, 2.45) is 0 Å². The van der Waals surface area contributed by atoms with Gasteiger partial charge < -0.3 is 15.2 Å². The SMILES string of the molecule is O=c1[nH]c(-c2ccc(O)c(O)c2)nc2sc(-c3ccccc3)cc12. The number of thiophene rings is 1. The van der Waals surface area contributed by atoms with Gasteiger partial charge in [-0.15, -0.1) is 11.3 Å². The van der Waals surface area contributed by atoms with E-state index in [0.29, 0.717) is 21.6 Å². The van der Waals surface area contributed by atoms with Gasteiger partial charge in [-0.3, -0.25) is 4.79 Å². The summed E-state index contributed by atoms with van der Waals surface area (Å²) in [7, 11) is 0. The molecule has 0 radical (unpaired) electrons. The number of aromatic hydroxyl groups is 2. The minimum absolute atomic E-state index is 0.218. The molecule has 118 valence electrons. The third kappa shape index (κ3) is 2.43. The number of nitrogens with one attached hydrogen (secondary N) is 1. The zero-order valence-electron chi connectivity index (χ0n) is 12.4. The van der Waals surface area contributed by atoms with Crippen molar-refractivity contribution in [3.63, 3.8) is 0 Å². The van der Waals surface area contributed by atoms with Crippen LogP contribution in [0.2, 0.25) is 0 Å². The van der Waals surface area contributed by atoms with E-state index in [1.54, 1.807) is 6.07 Å². The minimum atomic E-state index is -0.258. The van der Waals surface area contributed by atoms with Gasteiger partial charge in [0.2, 0.25) is 0 Å². The second-order valence-corrected chi connectivity index (χ2v) is 6.34. The van der Waals surface area contributed by atoms with Crippen LogP contribution in [-0.4, -0.2) is 20.2 Å². The molecule has 3 N–H and O–H groups in total. The van der Waals surface area contributed by atoms with Crippen molar-refractivity contribution in [3.05, 3.63) is 65.0 Å². The molecule has 0 aliphatic rings. The highest BCUT2D eigenvalue weighted by Gasteiger charge is 2.12. The maximum atomic E-state index is 12.4. The van der Waals surface area contributed by atoms with Crippen LogP contribution in [-0.2, 0) is 0 Å². The van der Waals surface area contributed by atoms with Crippen LogP contribution in [0.5, 0.6) is 11.5 Å². The lowest BCUT2D eigenvalue weighted by Gasteiger charge is -2.03. The van der Waals surface area contributed by atoms with Crippen LogP contribution in [0.15, 0.2) is 59.4 Å². The summed E-state index contributed by atoms with van der Waals surface area (Å²) < 4.78 is 0. The number of H-pyrrole nitrogens is 1. The molecule has 4 aromatic rings. The largest absolute Gasteiger partial charge is 0.504 e. The van der Waals surface area contributed by atoms with Gasteiger partial charge in [0.05, 0.1) is 5.39 Å². The first-order valence-corrected chi connectivity index (χ1v) is 8.05. The normalized spacial score (nSPS) is 11.0. The van der Waals surface area contributed by atoms with Gasteiger partial charge in [-0.1, -0.05) is 30.3 Å². The summed E-state index contributed by atoms with van der Waals surface area (Å²) in [6.45, 7) is 0. The van der Waals surface area contributed by atoms with Gasteiger partial charge in [0.1, 0.15) is 10.7 Å². The molecule has 0 bridgehead atoms. The molecule has 2 heterocycles. The van der Waals surface area contributed by atoms with Crippen LogP contribution in [0.4, 0.5) is 0 Å². The lowest BCUT2D eigenvalue weighted by atomic mass is 10.1. The Hall–Kier alpha value is -3.12. The Morgan fingerprint density at radius 3 is 2.46 bits per heavy atom. The maximum absolute atomic E-state index is 12.4. The number of hydrogen-bond acceptors (Lipinski definition) is 5. The van der Waals surface area contributed by atoms with Crippen LogP contribution in [0.1, 0.15) is 0 Å². The summed E-state index contributed by atoms with van der Waals surface area (Å²) >= 11 is 1.44. The fraction of sp³-hybridized carbons (Fsp3) is 0. The highest BCUT2D eigenvalue weighted by molar-refractivity contribution is 7.21. The monoisotopic (exact) mass is 336 g/mol. The van der Waals surface area contributed by atoms with E-state index >= 15 is 0 Å². The van der Waals surface area contributed by atoms with Gasteiger partial charge in [-0.25, -0.2) is 4.98 Å². The molecule has 0 saturated heterocycles. The van der Waals surface area contributed by atoms with Gasteiger partial charge in [-0.2, -0.15) is 0 Å².